The van der Waals surface area contributed by atoms with E-state index < -0.39 is 38.3 Å². The van der Waals surface area contributed by atoms with E-state index in [4.69, 9.17) is 21.7 Å². The van der Waals surface area contributed by atoms with Crippen LogP contribution in [0.5, 0.6) is 0 Å². The summed E-state index contributed by atoms with van der Waals surface area (Å²) in [7, 11) is 0. The number of allylic oxidation sites excluding steroid dienone is 2. The minimum atomic E-state index is -2.76. The number of hydrogen-bond acceptors (Lipinski definition) is 3. The van der Waals surface area contributed by atoms with Crippen molar-refractivity contribution in [1.29, 1.82) is 0 Å². The Hall–Kier alpha value is -3.00. The van der Waals surface area contributed by atoms with Gasteiger partial charge in [0.15, 0.2) is 5.78 Å². The molecule has 1 radical (unpaired) electrons. The van der Waals surface area contributed by atoms with Gasteiger partial charge in [0.2, 0.25) is 0 Å². The van der Waals surface area contributed by atoms with Crippen molar-refractivity contribution in [3.8, 4) is 17.1 Å². The second-order valence-corrected chi connectivity index (χ2v) is 9.85. The predicted octanol–water partition coefficient (Wildman–Crippen LogP) is 7.90. The first-order chi connectivity index (χ1) is 20.6. The predicted molar refractivity (Wildman–Crippen MR) is 143 cm³/mol. The summed E-state index contributed by atoms with van der Waals surface area (Å²) >= 11 is 0. The molecule has 1 N–H and O–H groups in total. The zero-order valence-corrected chi connectivity index (χ0v) is 23.4. The SMILES string of the molecule is CC(C)(C)C(=O)/C=C(\O)C(C)(C)C.[2H]c1nc(-c2[c-]cc(C([2H])([2H])[2H])c([N+]#[C-])c2)n(-c2c(C([2H])([2H])[2H])cccc2C([2H])([2H])[2H])c1[2H].[Ir]. The molecule has 6 heteroatoms. The van der Waals surface area contributed by atoms with Gasteiger partial charge in [0.25, 0.3) is 0 Å². The monoisotopic (exact) mass is 674 g/mol. The number of carbonyl (C=O) groups excluding carboxylic acids is 1. The maximum Gasteiger partial charge on any atom is 0.164 e. The van der Waals surface area contributed by atoms with E-state index in [0.29, 0.717) is 0 Å². The molecule has 36 heavy (non-hydrogen) atoms. The first-order valence-electron chi connectivity index (χ1n) is 16.2. The molecule has 0 aliphatic heterocycles. The Balaban J connectivity index is 0.000000670. The molecule has 0 aliphatic carbocycles. The van der Waals surface area contributed by atoms with Crippen molar-refractivity contribution in [3.05, 3.63) is 88.7 Å². The molecule has 0 bridgehead atoms. The largest absolute Gasteiger partial charge is 0.512 e. The third-order valence-corrected chi connectivity index (χ3v) is 4.86. The number of para-hydroxylation sites is 1. The topological polar surface area (TPSA) is 59.5 Å². The summed E-state index contributed by atoms with van der Waals surface area (Å²) in [5, 5.41) is 9.56. The van der Waals surface area contributed by atoms with Crippen molar-refractivity contribution in [2.75, 3.05) is 0 Å². The van der Waals surface area contributed by atoms with Crippen molar-refractivity contribution < 1.29 is 45.1 Å². The molecule has 0 saturated heterocycles. The average molecular weight is 674 g/mol. The van der Waals surface area contributed by atoms with Gasteiger partial charge in [-0.25, -0.2) is 0 Å². The second kappa shape index (κ2) is 12.3. The van der Waals surface area contributed by atoms with Crippen molar-refractivity contribution in [2.45, 2.75) is 62.1 Å². The molecule has 0 unspecified atom stereocenters. The molecular formula is C30H36IrN3O2-. The quantitative estimate of drug-likeness (QED) is 0.175. The van der Waals surface area contributed by atoms with E-state index in [0.717, 1.165) is 16.7 Å². The standard InChI is InChI=1S/C19H16N3.C11H20O2.Ir/c1-13-8-9-16(12-17(13)20-4)19-21-10-11-22(19)18-14(2)6-5-7-15(18)3;1-10(2,3)8(12)7-9(13)11(4,5)6;/h5-8,10-12H,1-3H3;7,12H,1-6H3;/q-1;;/b;8-7-;/i1D3,2D3,3D3,10D,11D;;. The first-order valence-corrected chi connectivity index (χ1v) is 10.7. The number of aromatic nitrogens is 2. The second-order valence-electron chi connectivity index (χ2n) is 9.85. The number of nitrogens with zero attached hydrogens (tertiary/aromatic N) is 3. The van der Waals surface area contributed by atoms with E-state index in [9.17, 15) is 9.90 Å². The number of aliphatic hydroxyl groups excluding tert-OH is 1. The van der Waals surface area contributed by atoms with Gasteiger partial charge >= 0.3 is 0 Å². The molecular weight excluding hydrogens is 627 g/mol. The van der Waals surface area contributed by atoms with Crippen LogP contribution < -0.4 is 0 Å². The Morgan fingerprint density at radius 3 is 2.25 bits per heavy atom. The molecule has 0 saturated carbocycles. The van der Waals surface area contributed by atoms with Crippen molar-refractivity contribution in [1.82, 2.24) is 9.55 Å². The van der Waals surface area contributed by atoms with Crippen molar-refractivity contribution >= 4 is 11.5 Å². The van der Waals surface area contributed by atoms with Gasteiger partial charge in [0.05, 0.1) is 15.1 Å². The Bertz CT molecular complexity index is 1650. The number of aliphatic hydroxyl groups is 1. The van der Waals surface area contributed by atoms with Crippen molar-refractivity contribution in [3.63, 3.8) is 0 Å². The minimum absolute atomic E-state index is 0. The smallest absolute Gasteiger partial charge is 0.164 e. The van der Waals surface area contributed by atoms with Crippen LogP contribution in [0.25, 0.3) is 21.9 Å². The molecule has 3 rings (SSSR count). The Morgan fingerprint density at radius 1 is 1.14 bits per heavy atom. The van der Waals surface area contributed by atoms with Gasteiger partial charge < -0.3 is 9.67 Å². The molecule has 0 fully saturated rings. The van der Waals surface area contributed by atoms with E-state index in [2.05, 4.69) is 15.9 Å². The normalized spacial score (nSPS) is 17.1. The fourth-order valence-electron chi connectivity index (χ4n) is 2.62. The summed E-state index contributed by atoms with van der Waals surface area (Å²) in [5.41, 5.74) is -2.35. The van der Waals surface area contributed by atoms with Gasteiger partial charge in [0, 0.05) is 67.4 Å². The summed E-state index contributed by atoms with van der Waals surface area (Å²) in [5.74, 6) is -0.110. The third kappa shape index (κ3) is 7.75. The summed E-state index contributed by atoms with van der Waals surface area (Å²) < 4.78 is 87.2. The summed E-state index contributed by atoms with van der Waals surface area (Å²) in [6, 6.07) is 8.58. The van der Waals surface area contributed by atoms with Crippen LogP contribution in [0.15, 0.2) is 54.5 Å². The van der Waals surface area contributed by atoms with Gasteiger partial charge in [-0.3, -0.25) is 14.6 Å². The van der Waals surface area contributed by atoms with Crippen LogP contribution in [0, 0.1) is 44.0 Å². The number of aryl methyl sites for hydroxylation is 3. The van der Waals surface area contributed by atoms with Crippen LogP contribution in [0.4, 0.5) is 5.69 Å². The maximum atomic E-state index is 11.5. The number of imidazole rings is 1. The van der Waals surface area contributed by atoms with Gasteiger partial charge in [-0.05, 0) is 24.8 Å². The number of carbonyl (C=O) groups is 1. The van der Waals surface area contributed by atoms with E-state index in [1.165, 1.54) is 24.3 Å². The Labute approximate surface area is 244 Å². The fraction of sp³-hybridized carbons (Fsp3) is 0.367. The van der Waals surface area contributed by atoms with Crippen LogP contribution in [0.3, 0.4) is 0 Å². The zero-order chi connectivity index (χ0) is 35.8. The fourth-order valence-corrected chi connectivity index (χ4v) is 2.62. The molecule has 3 aromatic rings. The maximum absolute atomic E-state index is 11.5. The van der Waals surface area contributed by atoms with Crippen LogP contribution in [0.1, 0.15) is 73.3 Å². The van der Waals surface area contributed by atoms with Gasteiger partial charge in [0.1, 0.15) is 11.4 Å². The summed E-state index contributed by atoms with van der Waals surface area (Å²) in [6.45, 7) is 10.3. The van der Waals surface area contributed by atoms with Gasteiger partial charge in [-0.15, -0.1) is 23.3 Å². The van der Waals surface area contributed by atoms with Crippen LogP contribution in [0.2, 0.25) is 0 Å². The number of hydrogen-bond donors (Lipinski definition) is 1. The zero-order valence-electron chi connectivity index (χ0n) is 32.0. The first kappa shape index (κ1) is 17.5. The van der Waals surface area contributed by atoms with E-state index >= 15 is 0 Å². The number of benzene rings is 2. The van der Waals surface area contributed by atoms with Crippen LogP contribution >= 0.6 is 0 Å². The molecule has 0 amide bonds. The van der Waals surface area contributed by atoms with Crippen LogP contribution in [-0.4, -0.2) is 20.4 Å². The number of ketones is 1. The molecule has 1 heterocycles. The molecule has 0 spiro atoms. The van der Waals surface area contributed by atoms with Crippen LogP contribution in [-0.2, 0) is 24.9 Å². The molecule has 2 aromatic carbocycles. The molecule has 1 aromatic heterocycles. The molecule has 0 aliphatic rings. The van der Waals surface area contributed by atoms with Crippen molar-refractivity contribution in [2.24, 2.45) is 10.8 Å². The van der Waals surface area contributed by atoms with Gasteiger partial charge in [-0.2, -0.15) is 6.07 Å². The summed E-state index contributed by atoms with van der Waals surface area (Å²) in [4.78, 5) is 18.7. The Morgan fingerprint density at radius 2 is 1.75 bits per heavy atom. The van der Waals surface area contributed by atoms with Gasteiger partial charge in [-0.1, -0.05) is 66.6 Å². The average Bonchev–Trinajstić information content (AvgIpc) is 3.19. The van der Waals surface area contributed by atoms with E-state index in [1.807, 2.05) is 41.5 Å². The van der Waals surface area contributed by atoms with E-state index in [-0.39, 0.29) is 76.5 Å². The molecule has 193 valence electrons. The number of rotatable bonds is 3. The third-order valence-electron chi connectivity index (χ3n) is 4.86. The molecule has 0 atom stereocenters. The van der Waals surface area contributed by atoms with E-state index in [1.54, 1.807) is 0 Å². The Kier molecular flexibility index (Phi) is 5.96. The molecule has 5 nitrogen and oxygen atoms in total. The summed E-state index contributed by atoms with van der Waals surface area (Å²) in [6.07, 6.45) is 0.185. The minimum Gasteiger partial charge on any atom is -0.512 e.